The van der Waals surface area contributed by atoms with Crippen molar-refractivity contribution < 1.29 is 18.7 Å². The Hall–Kier alpha value is -3.67. The van der Waals surface area contributed by atoms with E-state index >= 15 is 0 Å². The van der Waals surface area contributed by atoms with Crippen LogP contribution in [-0.4, -0.2) is 17.1 Å². The average molecular weight is 375 g/mol. The van der Waals surface area contributed by atoms with Crippen LogP contribution >= 0.6 is 0 Å². The van der Waals surface area contributed by atoms with Crippen LogP contribution in [0.3, 0.4) is 0 Å². The van der Waals surface area contributed by atoms with E-state index in [1.54, 1.807) is 17.6 Å². The fourth-order valence-electron chi connectivity index (χ4n) is 3.67. The first-order chi connectivity index (χ1) is 13.6. The minimum Gasteiger partial charge on any atom is -0.462 e. The molecular weight excluding hydrogens is 361 g/mol. The molecule has 0 radical (unpaired) electrons. The molecule has 5 rings (SSSR count). The lowest BCUT2D eigenvalue weighted by Crippen LogP contribution is -2.22. The molecule has 5 nitrogen and oxygen atoms in total. The molecular formula is C22H14FNO4. The van der Waals surface area contributed by atoms with E-state index in [1.807, 2.05) is 30.3 Å². The summed E-state index contributed by atoms with van der Waals surface area (Å²) in [5, 5.41) is 2.00. The van der Waals surface area contributed by atoms with Gasteiger partial charge in [0.1, 0.15) is 11.1 Å². The minimum absolute atomic E-state index is 0.0345. The number of carbonyl (C=O) groups excluding carboxylic acids is 1. The molecule has 2 heterocycles. The molecule has 1 aromatic heterocycles. The Labute approximate surface area is 158 Å². The highest BCUT2D eigenvalue weighted by Crippen LogP contribution is 2.43. The highest BCUT2D eigenvalue weighted by Gasteiger charge is 2.27. The largest absolute Gasteiger partial charge is 0.462 e. The number of ether oxygens (including phenoxy) is 2. The Morgan fingerprint density at radius 3 is 2.75 bits per heavy atom. The van der Waals surface area contributed by atoms with Crippen LogP contribution in [0.1, 0.15) is 17.3 Å². The van der Waals surface area contributed by atoms with Gasteiger partial charge in [-0.05, 0) is 30.5 Å². The molecule has 1 aliphatic rings. The van der Waals surface area contributed by atoms with Gasteiger partial charge in [0.15, 0.2) is 17.3 Å². The van der Waals surface area contributed by atoms with Crippen molar-refractivity contribution >= 4 is 27.6 Å². The van der Waals surface area contributed by atoms with Gasteiger partial charge in [-0.25, -0.2) is 9.18 Å². The molecule has 0 fully saturated rings. The van der Waals surface area contributed by atoms with Gasteiger partial charge in [0.2, 0.25) is 5.43 Å². The van der Waals surface area contributed by atoms with Gasteiger partial charge in [-0.2, -0.15) is 0 Å². The lowest BCUT2D eigenvalue weighted by Gasteiger charge is -2.25. The third-order valence-electron chi connectivity index (χ3n) is 4.88. The van der Waals surface area contributed by atoms with Crippen LogP contribution in [-0.2, 0) is 4.74 Å². The van der Waals surface area contributed by atoms with E-state index in [1.165, 1.54) is 18.3 Å². The van der Waals surface area contributed by atoms with Gasteiger partial charge in [0.25, 0.3) is 0 Å². The van der Waals surface area contributed by atoms with Crippen LogP contribution in [0, 0.1) is 5.82 Å². The zero-order valence-electron chi connectivity index (χ0n) is 14.9. The zero-order valence-corrected chi connectivity index (χ0v) is 14.9. The topological polar surface area (TPSA) is 57.5 Å². The number of pyridine rings is 1. The molecule has 0 aliphatic carbocycles. The molecule has 4 aromatic rings. The van der Waals surface area contributed by atoms with Crippen LogP contribution < -0.4 is 10.2 Å². The van der Waals surface area contributed by atoms with Crippen LogP contribution in [0.2, 0.25) is 0 Å². The van der Waals surface area contributed by atoms with Gasteiger partial charge >= 0.3 is 5.97 Å². The summed E-state index contributed by atoms with van der Waals surface area (Å²) in [5.74, 6) is -0.885. The van der Waals surface area contributed by atoms with Crippen molar-refractivity contribution in [3.05, 3.63) is 76.3 Å². The number of rotatable bonds is 2. The SMILES string of the molecule is CCOC(=O)c1cn2c3c(c(F)ccc3c1=O)Oc1ccc3ccccc3c1-2. The maximum atomic E-state index is 14.5. The highest BCUT2D eigenvalue weighted by molar-refractivity contribution is 6.01. The van der Waals surface area contributed by atoms with Crippen molar-refractivity contribution in [3.8, 4) is 17.2 Å². The van der Waals surface area contributed by atoms with Gasteiger partial charge in [0.05, 0.1) is 17.7 Å². The maximum absolute atomic E-state index is 14.5. The van der Waals surface area contributed by atoms with Gasteiger partial charge in [-0.1, -0.05) is 30.3 Å². The Morgan fingerprint density at radius 1 is 1.11 bits per heavy atom. The van der Waals surface area contributed by atoms with E-state index in [9.17, 15) is 14.0 Å². The van der Waals surface area contributed by atoms with Crippen molar-refractivity contribution in [3.63, 3.8) is 0 Å². The molecule has 0 unspecified atom stereocenters. The van der Waals surface area contributed by atoms with E-state index in [0.29, 0.717) is 17.0 Å². The van der Waals surface area contributed by atoms with Crippen molar-refractivity contribution in [2.45, 2.75) is 6.92 Å². The number of carbonyl (C=O) groups is 1. The summed E-state index contributed by atoms with van der Waals surface area (Å²) >= 11 is 0. The normalized spacial score (nSPS) is 11.9. The zero-order chi connectivity index (χ0) is 19.4. The first-order valence-electron chi connectivity index (χ1n) is 8.85. The van der Waals surface area contributed by atoms with Crippen LogP contribution in [0.4, 0.5) is 4.39 Å². The summed E-state index contributed by atoms with van der Waals surface area (Å²) in [5.41, 5.74) is 0.319. The molecule has 0 spiro atoms. The van der Waals surface area contributed by atoms with Crippen LogP contribution in [0.15, 0.2) is 59.5 Å². The first-order valence-corrected chi connectivity index (χ1v) is 8.85. The van der Waals surface area contributed by atoms with E-state index in [4.69, 9.17) is 9.47 Å². The van der Waals surface area contributed by atoms with Crippen molar-refractivity contribution in [2.24, 2.45) is 0 Å². The molecule has 3 aromatic carbocycles. The number of benzene rings is 3. The molecule has 1 aliphatic heterocycles. The van der Waals surface area contributed by atoms with E-state index in [-0.39, 0.29) is 23.3 Å². The van der Waals surface area contributed by atoms with Crippen molar-refractivity contribution in [1.29, 1.82) is 0 Å². The van der Waals surface area contributed by atoms with Gasteiger partial charge < -0.3 is 14.0 Å². The van der Waals surface area contributed by atoms with Gasteiger partial charge in [0, 0.05) is 11.6 Å². The minimum atomic E-state index is -0.711. The van der Waals surface area contributed by atoms with Crippen molar-refractivity contribution in [1.82, 2.24) is 4.57 Å². The third kappa shape index (κ3) is 2.18. The number of hydrogen-bond donors (Lipinski definition) is 0. The van der Waals surface area contributed by atoms with E-state index in [0.717, 1.165) is 10.8 Å². The fraction of sp³-hybridized carbons (Fsp3) is 0.0909. The molecule has 0 amide bonds. The number of esters is 1. The monoisotopic (exact) mass is 375 g/mol. The van der Waals surface area contributed by atoms with E-state index in [2.05, 4.69) is 0 Å². The standard InChI is InChI=1S/C22H14FNO4/c1-2-27-22(26)15-11-24-18-13-6-4-3-5-12(13)7-10-17(18)28-21-16(23)9-8-14(19(21)24)20(15)25/h3-11H,2H2,1H3. The number of nitrogens with zero attached hydrogens (tertiary/aromatic N) is 1. The Morgan fingerprint density at radius 2 is 1.93 bits per heavy atom. The molecule has 6 heteroatoms. The summed E-state index contributed by atoms with van der Waals surface area (Å²) in [4.78, 5) is 25.3. The molecule has 28 heavy (non-hydrogen) atoms. The molecule has 138 valence electrons. The Balaban J connectivity index is 1.97. The quantitative estimate of drug-likeness (QED) is 0.424. The first kappa shape index (κ1) is 16.5. The molecule has 0 bridgehead atoms. The second-order valence-electron chi connectivity index (χ2n) is 6.47. The predicted molar refractivity (Wildman–Crippen MR) is 103 cm³/mol. The lowest BCUT2D eigenvalue weighted by atomic mass is 10.0. The predicted octanol–water partition coefficient (Wildman–Crippen LogP) is 4.57. The summed E-state index contributed by atoms with van der Waals surface area (Å²) < 4.78 is 27.1. The number of halogens is 1. The molecule has 0 atom stereocenters. The average Bonchev–Trinajstić information content (AvgIpc) is 2.71. The summed E-state index contributed by atoms with van der Waals surface area (Å²) in [6.45, 7) is 1.82. The maximum Gasteiger partial charge on any atom is 0.343 e. The number of hydrogen-bond acceptors (Lipinski definition) is 4. The summed E-state index contributed by atoms with van der Waals surface area (Å²) in [7, 11) is 0. The molecule has 0 saturated heterocycles. The smallest absolute Gasteiger partial charge is 0.343 e. The number of fused-ring (bicyclic) bond motifs is 4. The van der Waals surface area contributed by atoms with Crippen molar-refractivity contribution in [2.75, 3.05) is 6.61 Å². The molecule has 0 N–H and O–H groups in total. The fourth-order valence-corrected chi connectivity index (χ4v) is 3.67. The molecule has 0 saturated carbocycles. The lowest BCUT2D eigenvalue weighted by molar-refractivity contribution is 0.0524. The summed E-state index contributed by atoms with van der Waals surface area (Å²) in [6.07, 6.45) is 1.42. The Bertz CT molecular complexity index is 1360. The summed E-state index contributed by atoms with van der Waals surface area (Å²) in [6, 6.07) is 13.8. The van der Waals surface area contributed by atoms with Gasteiger partial charge in [-0.3, -0.25) is 4.79 Å². The second kappa shape index (κ2) is 5.92. The third-order valence-corrected chi connectivity index (χ3v) is 4.88. The Kier molecular flexibility index (Phi) is 3.49. The number of aromatic nitrogens is 1. The second-order valence-corrected chi connectivity index (χ2v) is 6.47. The van der Waals surface area contributed by atoms with E-state index < -0.39 is 17.2 Å². The van der Waals surface area contributed by atoms with Crippen LogP contribution in [0.25, 0.3) is 27.4 Å². The van der Waals surface area contributed by atoms with Gasteiger partial charge in [-0.15, -0.1) is 0 Å². The van der Waals surface area contributed by atoms with Crippen LogP contribution in [0.5, 0.6) is 11.5 Å². The highest BCUT2D eigenvalue weighted by atomic mass is 19.1.